The van der Waals surface area contributed by atoms with Gasteiger partial charge in [-0.05, 0) is 75.8 Å². The first kappa shape index (κ1) is 22.8. The van der Waals surface area contributed by atoms with Crippen molar-refractivity contribution in [1.29, 1.82) is 0 Å². The number of aromatic nitrogens is 2. The van der Waals surface area contributed by atoms with Gasteiger partial charge in [-0.1, -0.05) is 115 Å². The van der Waals surface area contributed by atoms with E-state index >= 15 is 0 Å². The lowest BCUT2D eigenvalue weighted by Gasteiger charge is -2.10. The van der Waals surface area contributed by atoms with Gasteiger partial charge in [0, 0.05) is 11.3 Å². The molecule has 6 aromatic carbocycles. The van der Waals surface area contributed by atoms with Gasteiger partial charge in [-0.2, -0.15) is 0 Å². The summed E-state index contributed by atoms with van der Waals surface area (Å²) in [4.78, 5) is 4.99. The van der Waals surface area contributed by atoms with Gasteiger partial charge in [0.2, 0.25) is 0 Å². The van der Waals surface area contributed by atoms with E-state index in [1.165, 1.54) is 27.8 Å². The van der Waals surface area contributed by atoms with Gasteiger partial charge in [0.05, 0.1) is 11.0 Å². The number of benzene rings is 5. The van der Waals surface area contributed by atoms with Crippen molar-refractivity contribution in [3.63, 3.8) is 0 Å². The highest BCUT2D eigenvalue weighted by atomic mass is 15.1. The molecule has 0 aliphatic heterocycles. The van der Waals surface area contributed by atoms with Crippen LogP contribution in [0.2, 0.25) is 0 Å². The number of hydrogen-bond acceptors (Lipinski definition) is 1. The van der Waals surface area contributed by atoms with Crippen molar-refractivity contribution in [2.24, 2.45) is 0 Å². The van der Waals surface area contributed by atoms with Gasteiger partial charge in [-0.15, -0.1) is 0 Å². The first-order valence-corrected chi connectivity index (χ1v) is 13.1. The molecule has 0 saturated carbocycles. The van der Waals surface area contributed by atoms with Crippen molar-refractivity contribution in [1.82, 2.24) is 9.55 Å². The summed E-state index contributed by atoms with van der Waals surface area (Å²) in [5.41, 5.74) is 11.4. The molecule has 39 heavy (non-hydrogen) atoms. The minimum atomic E-state index is 0.944. The topological polar surface area (TPSA) is 17.8 Å². The lowest BCUT2D eigenvalue weighted by Crippen LogP contribution is -1.97. The second-order valence-corrected chi connectivity index (χ2v) is 9.55. The second kappa shape index (κ2) is 9.82. The summed E-state index contributed by atoms with van der Waals surface area (Å²) in [5.74, 6) is 0.944. The highest BCUT2D eigenvalue weighted by Gasteiger charge is 2.14. The molecule has 1 aromatic heterocycles. The summed E-state index contributed by atoms with van der Waals surface area (Å²) in [6, 6.07) is 56.8. The molecule has 1 heterocycles. The molecule has 2 heteroatoms. The van der Waals surface area contributed by atoms with Gasteiger partial charge in [0.15, 0.2) is 0 Å². The largest absolute Gasteiger partial charge is 0.292 e. The zero-order valence-electron chi connectivity index (χ0n) is 21.3. The molecule has 0 saturated heterocycles. The van der Waals surface area contributed by atoms with Crippen LogP contribution in [-0.4, -0.2) is 9.55 Å². The molecule has 0 N–H and O–H groups in total. The Morgan fingerprint density at radius 3 is 1.51 bits per heavy atom. The lowest BCUT2D eigenvalue weighted by atomic mass is 9.98. The van der Waals surface area contributed by atoms with Crippen LogP contribution in [-0.2, 0) is 0 Å². The van der Waals surface area contributed by atoms with Crippen LogP contribution in [0.5, 0.6) is 0 Å². The highest BCUT2D eigenvalue weighted by molar-refractivity contribution is 5.84. The summed E-state index contributed by atoms with van der Waals surface area (Å²) in [6.45, 7) is 0. The summed E-state index contributed by atoms with van der Waals surface area (Å²) < 4.78 is 2.24. The van der Waals surface area contributed by atoms with E-state index in [1.807, 2.05) is 24.3 Å². The SMILES string of the molecule is c1ccc(-c2ccc(-c3ccc(-c4ccc(-c5nc6ccccc6n5-c5ccccc5)cc4)cc3)cc2)cc#1. The molecule has 0 amide bonds. The molecular weight excluding hydrogens is 472 g/mol. The molecule has 0 fully saturated rings. The fourth-order valence-corrected chi connectivity index (χ4v) is 5.11. The average molecular weight is 497 g/mol. The molecule has 0 aliphatic carbocycles. The smallest absolute Gasteiger partial charge is 0.145 e. The number of nitrogens with zero attached hydrogens (tertiary/aromatic N) is 2. The molecule has 2 nitrogen and oxygen atoms in total. The summed E-state index contributed by atoms with van der Waals surface area (Å²) in [6.07, 6.45) is 0. The first-order valence-electron chi connectivity index (χ1n) is 13.1. The molecule has 0 bridgehead atoms. The predicted molar refractivity (Wildman–Crippen MR) is 160 cm³/mol. The van der Waals surface area contributed by atoms with Crippen molar-refractivity contribution < 1.29 is 0 Å². The van der Waals surface area contributed by atoms with Crippen LogP contribution in [0.3, 0.4) is 0 Å². The van der Waals surface area contributed by atoms with Crippen LogP contribution in [0.4, 0.5) is 0 Å². The molecule has 0 atom stereocenters. The van der Waals surface area contributed by atoms with Crippen LogP contribution >= 0.6 is 0 Å². The van der Waals surface area contributed by atoms with Gasteiger partial charge in [-0.3, -0.25) is 4.57 Å². The average Bonchev–Trinajstić information content (AvgIpc) is 3.42. The monoisotopic (exact) mass is 496 g/mol. The molecule has 0 radical (unpaired) electrons. The maximum absolute atomic E-state index is 4.99. The summed E-state index contributed by atoms with van der Waals surface area (Å²) >= 11 is 0. The third-order valence-electron chi connectivity index (χ3n) is 7.15. The summed E-state index contributed by atoms with van der Waals surface area (Å²) in [7, 11) is 0. The normalized spacial score (nSPS) is 10.9. The van der Waals surface area contributed by atoms with E-state index in [-0.39, 0.29) is 0 Å². The Morgan fingerprint density at radius 1 is 0.436 bits per heavy atom. The van der Waals surface area contributed by atoms with Crippen molar-refractivity contribution in [2.75, 3.05) is 0 Å². The van der Waals surface area contributed by atoms with Crippen molar-refractivity contribution in [3.8, 4) is 50.5 Å². The van der Waals surface area contributed by atoms with Gasteiger partial charge < -0.3 is 0 Å². The molecule has 7 rings (SSSR count). The molecular formula is C37H24N2. The molecule has 0 unspecified atom stereocenters. The summed E-state index contributed by atoms with van der Waals surface area (Å²) in [5, 5.41) is 0. The Balaban J connectivity index is 1.17. The maximum atomic E-state index is 4.99. The van der Waals surface area contributed by atoms with Crippen molar-refractivity contribution in [2.45, 2.75) is 0 Å². The van der Waals surface area contributed by atoms with Crippen LogP contribution in [0.1, 0.15) is 0 Å². The van der Waals surface area contributed by atoms with Crippen LogP contribution in [0.15, 0.2) is 146 Å². The molecule has 182 valence electrons. The van der Waals surface area contributed by atoms with E-state index in [9.17, 15) is 0 Å². The predicted octanol–water partition coefficient (Wildman–Crippen LogP) is 9.29. The zero-order chi connectivity index (χ0) is 26.0. The van der Waals surface area contributed by atoms with Crippen LogP contribution in [0, 0.1) is 12.1 Å². The number of imidazole rings is 1. The van der Waals surface area contributed by atoms with Crippen molar-refractivity contribution >= 4 is 11.0 Å². The Hall–Kier alpha value is -5.39. The minimum absolute atomic E-state index is 0.944. The number of rotatable bonds is 5. The standard InChI is InChI=1S/C37H24N2/c1-3-9-27(10-4-1)28-15-17-29(18-16-28)30-19-21-31(22-20-30)32-23-25-33(26-24-32)37-38-35-13-7-8-14-36(35)39(37)34-11-5-2-6-12-34/h2-3,5-26H. The van der Waals surface area contributed by atoms with Crippen LogP contribution in [0.25, 0.3) is 61.5 Å². The lowest BCUT2D eigenvalue weighted by molar-refractivity contribution is 1.10. The highest BCUT2D eigenvalue weighted by Crippen LogP contribution is 2.31. The minimum Gasteiger partial charge on any atom is -0.292 e. The van der Waals surface area contributed by atoms with E-state index in [4.69, 9.17) is 4.98 Å². The molecule has 0 aliphatic rings. The fourth-order valence-electron chi connectivity index (χ4n) is 5.11. The number of hydrogen-bond donors (Lipinski definition) is 0. The van der Waals surface area contributed by atoms with Crippen LogP contribution < -0.4 is 0 Å². The van der Waals surface area contributed by atoms with Gasteiger partial charge in [0.25, 0.3) is 0 Å². The van der Waals surface area contributed by atoms with E-state index in [0.29, 0.717) is 0 Å². The van der Waals surface area contributed by atoms with E-state index in [1.54, 1.807) is 0 Å². The Kier molecular flexibility index (Phi) is 5.73. The number of fused-ring (bicyclic) bond motifs is 1. The zero-order valence-corrected chi connectivity index (χ0v) is 21.3. The third kappa shape index (κ3) is 4.37. The molecule has 7 aromatic rings. The second-order valence-electron chi connectivity index (χ2n) is 9.55. The maximum Gasteiger partial charge on any atom is 0.145 e. The number of para-hydroxylation sites is 3. The molecule has 0 spiro atoms. The fraction of sp³-hybridized carbons (Fsp3) is 0. The van der Waals surface area contributed by atoms with E-state index < -0.39 is 0 Å². The van der Waals surface area contributed by atoms with Gasteiger partial charge in [0.1, 0.15) is 5.82 Å². The third-order valence-corrected chi connectivity index (χ3v) is 7.15. The quantitative estimate of drug-likeness (QED) is 0.232. The first-order chi connectivity index (χ1) is 19.3. The Morgan fingerprint density at radius 2 is 0.949 bits per heavy atom. The Labute approximate surface area is 228 Å². The van der Waals surface area contributed by atoms with Gasteiger partial charge >= 0.3 is 0 Å². The van der Waals surface area contributed by atoms with Crippen molar-refractivity contribution in [3.05, 3.63) is 158 Å². The Bertz CT molecular complexity index is 1850. The van der Waals surface area contributed by atoms with E-state index in [2.05, 4.69) is 138 Å². The van der Waals surface area contributed by atoms with Gasteiger partial charge in [-0.25, -0.2) is 4.98 Å². The van der Waals surface area contributed by atoms with E-state index in [0.717, 1.165) is 33.7 Å².